The van der Waals surface area contributed by atoms with Crippen molar-refractivity contribution in [2.45, 2.75) is 25.9 Å². The first kappa shape index (κ1) is 28.7. The van der Waals surface area contributed by atoms with E-state index in [0.29, 0.717) is 71.9 Å². The van der Waals surface area contributed by atoms with Crippen LogP contribution >= 0.6 is 0 Å². The van der Waals surface area contributed by atoms with Crippen LogP contribution in [-0.2, 0) is 27.5 Å². The first-order chi connectivity index (χ1) is 20.0. The summed E-state index contributed by atoms with van der Waals surface area (Å²) in [4.78, 5) is 45.6. The van der Waals surface area contributed by atoms with Crippen molar-refractivity contribution in [2.75, 3.05) is 59.5 Å². The highest BCUT2D eigenvalue weighted by atomic mass is 16.5. The Hall–Kier alpha value is -3.85. The zero-order chi connectivity index (χ0) is 28.6. The van der Waals surface area contributed by atoms with Gasteiger partial charge < -0.3 is 24.2 Å². The van der Waals surface area contributed by atoms with E-state index in [1.54, 1.807) is 12.0 Å². The fourth-order valence-electron chi connectivity index (χ4n) is 5.99. The standard InChI is InChI=1S/C32H40N4O5/c1-40-29-10-8-25(9-11-29)20-34-21-28-5-2-3-7-30(28)41-18-4-6-27-22-36(32(39)23-34)13-12-26(27)19-31(38)35-16-14-33(24-37)15-17-35/h2-11,24,26-27H,12-23H2,1H3/t26-,27-/m0/s1. The Morgan fingerprint density at radius 1 is 1.02 bits per heavy atom. The van der Waals surface area contributed by atoms with Crippen molar-refractivity contribution in [3.63, 3.8) is 0 Å². The number of hydrogen-bond acceptors (Lipinski definition) is 6. The van der Waals surface area contributed by atoms with Crippen LogP contribution in [0.5, 0.6) is 11.5 Å². The molecule has 2 bridgehead atoms. The summed E-state index contributed by atoms with van der Waals surface area (Å²) in [7, 11) is 1.65. The van der Waals surface area contributed by atoms with E-state index in [1.807, 2.05) is 58.3 Å². The van der Waals surface area contributed by atoms with Gasteiger partial charge in [0.15, 0.2) is 0 Å². The van der Waals surface area contributed by atoms with Crippen LogP contribution in [0.15, 0.2) is 60.7 Å². The molecule has 0 N–H and O–H groups in total. The molecule has 2 atom stereocenters. The maximum Gasteiger partial charge on any atom is 0.236 e. The van der Waals surface area contributed by atoms with Crippen molar-refractivity contribution in [1.29, 1.82) is 0 Å². The van der Waals surface area contributed by atoms with Crippen molar-refractivity contribution in [3.8, 4) is 11.5 Å². The Morgan fingerprint density at radius 2 is 1.80 bits per heavy atom. The van der Waals surface area contributed by atoms with Gasteiger partial charge in [0.05, 0.1) is 13.7 Å². The van der Waals surface area contributed by atoms with Crippen molar-refractivity contribution in [1.82, 2.24) is 19.6 Å². The Kier molecular flexibility index (Phi) is 9.56. The van der Waals surface area contributed by atoms with Gasteiger partial charge in [-0.1, -0.05) is 42.5 Å². The highest BCUT2D eigenvalue weighted by molar-refractivity contribution is 5.79. The molecule has 2 fully saturated rings. The van der Waals surface area contributed by atoms with Crippen LogP contribution in [0.25, 0.3) is 0 Å². The fraction of sp³-hybridized carbons (Fsp3) is 0.469. The molecule has 5 rings (SSSR count). The average molecular weight is 561 g/mol. The molecule has 218 valence electrons. The maximum atomic E-state index is 13.7. The van der Waals surface area contributed by atoms with E-state index in [1.165, 1.54) is 0 Å². The Bertz CT molecular complexity index is 1220. The zero-order valence-electron chi connectivity index (χ0n) is 23.8. The van der Waals surface area contributed by atoms with E-state index in [2.05, 4.69) is 17.0 Å². The third-order valence-corrected chi connectivity index (χ3v) is 8.42. The Morgan fingerprint density at radius 3 is 2.56 bits per heavy atom. The molecule has 3 heterocycles. The largest absolute Gasteiger partial charge is 0.497 e. The van der Waals surface area contributed by atoms with Gasteiger partial charge in [-0.15, -0.1) is 0 Å². The van der Waals surface area contributed by atoms with Crippen molar-refractivity contribution in [3.05, 3.63) is 71.8 Å². The highest BCUT2D eigenvalue weighted by Crippen LogP contribution is 2.30. The number of piperazine rings is 1. The summed E-state index contributed by atoms with van der Waals surface area (Å²) < 4.78 is 11.5. The molecule has 9 nitrogen and oxygen atoms in total. The lowest BCUT2D eigenvalue weighted by Gasteiger charge is -2.39. The minimum atomic E-state index is 0.0718. The van der Waals surface area contributed by atoms with Gasteiger partial charge in [0.25, 0.3) is 0 Å². The van der Waals surface area contributed by atoms with Gasteiger partial charge in [-0.05, 0) is 42.0 Å². The molecule has 41 heavy (non-hydrogen) atoms. The molecule has 0 aromatic heterocycles. The van der Waals surface area contributed by atoms with Gasteiger partial charge >= 0.3 is 0 Å². The smallest absolute Gasteiger partial charge is 0.236 e. The van der Waals surface area contributed by atoms with Crippen LogP contribution in [-0.4, -0.2) is 97.4 Å². The molecule has 0 spiro atoms. The van der Waals surface area contributed by atoms with Crippen molar-refractivity contribution >= 4 is 18.2 Å². The lowest BCUT2D eigenvalue weighted by molar-refractivity contribution is -0.138. The van der Waals surface area contributed by atoms with Crippen LogP contribution in [0.2, 0.25) is 0 Å². The topological polar surface area (TPSA) is 82.6 Å². The quantitative estimate of drug-likeness (QED) is 0.399. The molecule has 2 aromatic carbocycles. The van der Waals surface area contributed by atoms with Crippen molar-refractivity contribution in [2.24, 2.45) is 11.8 Å². The summed E-state index contributed by atoms with van der Waals surface area (Å²) in [6, 6.07) is 16.0. The number of fused-ring (bicyclic) bond motifs is 3. The molecular formula is C32H40N4O5. The third-order valence-electron chi connectivity index (χ3n) is 8.42. The minimum Gasteiger partial charge on any atom is -0.497 e. The second-order valence-corrected chi connectivity index (χ2v) is 11.1. The molecule has 0 radical (unpaired) electrons. The van der Waals surface area contributed by atoms with Crippen molar-refractivity contribution < 1.29 is 23.9 Å². The average Bonchev–Trinajstić information content (AvgIpc) is 3.01. The number of hydrogen-bond donors (Lipinski definition) is 0. The maximum absolute atomic E-state index is 13.7. The van der Waals surface area contributed by atoms with Gasteiger partial charge in [0.1, 0.15) is 18.1 Å². The van der Waals surface area contributed by atoms with E-state index in [4.69, 9.17) is 9.47 Å². The summed E-state index contributed by atoms with van der Waals surface area (Å²) in [5.41, 5.74) is 2.14. The second kappa shape index (κ2) is 13.7. The minimum absolute atomic E-state index is 0.0718. The van der Waals surface area contributed by atoms with E-state index in [0.717, 1.165) is 35.5 Å². The molecule has 2 aromatic rings. The van der Waals surface area contributed by atoms with E-state index >= 15 is 0 Å². The van der Waals surface area contributed by atoms with Gasteiger partial charge in [0, 0.05) is 64.3 Å². The highest BCUT2D eigenvalue weighted by Gasteiger charge is 2.33. The number of amides is 3. The lowest BCUT2D eigenvalue weighted by atomic mass is 9.82. The number of nitrogens with zero attached hydrogens (tertiary/aromatic N) is 4. The predicted octanol–water partition coefficient (Wildman–Crippen LogP) is 2.80. The molecule has 3 amide bonds. The van der Waals surface area contributed by atoms with Crippen LogP contribution in [0, 0.1) is 11.8 Å². The monoisotopic (exact) mass is 560 g/mol. The van der Waals surface area contributed by atoms with E-state index in [9.17, 15) is 14.4 Å². The summed E-state index contributed by atoms with van der Waals surface area (Å²) in [5, 5.41) is 0. The second-order valence-electron chi connectivity index (χ2n) is 11.1. The first-order valence-electron chi connectivity index (χ1n) is 14.5. The van der Waals surface area contributed by atoms with E-state index < -0.39 is 0 Å². The SMILES string of the molecule is COc1ccc(CN2CC(=O)N3CC[C@@H](CC(=O)N4CCN(C=O)CC4)[C@@H](C=CCOc4ccccc4C2)C3)cc1. The first-order valence-corrected chi connectivity index (χ1v) is 14.5. The molecule has 0 unspecified atom stereocenters. The number of carbonyl (C=O) groups excluding carboxylic acids is 3. The molecule has 2 saturated heterocycles. The van der Waals surface area contributed by atoms with Gasteiger partial charge in [-0.2, -0.15) is 0 Å². The number of methoxy groups -OCH3 is 1. The number of carbonyl (C=O) groups is 3. The number of ether oxygens (including phenoxy) is 2. The molecule has 0 aliphatic carbocycles. The van der Waals surface area contributed by atoms with Crippen LogP contribution < -0.4 is 9.47 Å². The number of benzene rings is 2. The Balaban J connectivity index is 1.31. The van der Waals surface area contributed by atoms with Crippen LogP contribution in [0.4, 0.5) is 0 Å². The van der Waals surface area contributed by atoms with E-state index in [-0.39, 0.29) is 23.7 Å². The van der Waals surface area contributed by atoms with Gasteiger partial charge in [-0.25, -0.2) is 0 Å². The van der Waals surface area contributed by atoms with Crippen LogP contribution in [0.3, 0.4) is 0 Å². The number of rotatable bonds is 6. The zero-order valence-corrected chi connectivity index (χ0v) is 23.8. The molecule has 9 heteroatoms. The summed E-state index contributed by atoms with van der Waals surface area (Å²) >= 11 is 0. The summed E-state index contributed by atoms with van der Waals surface area (Å²) in [6.07, 6.45) is 6.25. The summed E-state index contributed by atoms with van der Waals surface area (Å²) in [6.45, 7) is 5.47. The fourth-order valence-corrected chi connectivity index (χ4v) is 5.99. The molecular weight excluding hydrogens is 520 g/mol. The third kappa shape index (κ3) is 7.47. The van der Waals surface area contributed by atoms with Gasteiger partial charge in [-0.3, -0.25) is 19.3 Å². The molecule has 3 aliphatic heterocycles. The summed E-state index contributed by atoms with van der Waals surface area (Å²) in [5.74, 6) is 2.07. The normalized spacial score (nSPS) is 22.1. The number of para-hydroxylation sites is 1. The molecule has 3 aliphatic rings. The van der Waals surface area contributed by atoms with Gasteiger partial charge in [0.2, 0.25) is 18.2 Å². The lowest BCUT2D eigenvalue weighted by Crippen LogP contribution is -2.50. The number of piperidine rings is 1. The predicted molar refractivity (Wildman–Crippen MR) is 155 cm³/mol. The molecule has 0 saturated carbocycles. The van der Waals surface area contributed by atoms with Crippen LogP contribution in [0.1, 0.15) is 24.0 Å². The Labute approximate surface area is 242 Å².